The topological polar surface area (TPSA) is 20.3 Å². The Kier molecular flexibility index (Phi) is 3.93. The van der Waals surface area contributed by atoms with E-state index in [-0.39, 0.29) is 5.41 Å². The highest BCUT2D eigenvalue weighted by Gasteiger charge is 2.50. The first-order valence-corrected chi connectivity index (χ1v) is 7.69. The van der Waals surface area contributed by atoms with Gasteiger partial charge in [0.15, 0.2) is 0 Å². The quantitative estimate of drug-likeness (QED) is 0.574. The van der Waals surface area contributed by atoms with Crippen molar-refractivity contribution in [1.82, 2.24) is 4.90 Å². The molecule has 2 fully saturated rings. The van der Waals surface area contributed by atoms with Gasteiger partial charge in [-0.05, 0) is 39.0 Å². The molecule has 1 spiro atoms. The number of unbranched alkanes of at least 4 members (excludes halogenated alkanes) is 1. The van der Waals surface area contributed by atoms with Crippen LogP contribution in [0, 0.1) is 5.41 Å². The summed E-state index contributed by atoms with van der Waals surface area (Å²) in [7, 11) is 0. The molecular formula is C13H22BrNO. The lowest BCUT2D eigenvalue weighted by molar-refractivity contribution is -0.136. The SMILES string of the molecule is CC1CC2(CCCC2)C(=O)N1CCCCBr. The number of rotatable bonds is 4. The van der Waals surface area contributed by atoms with Crippen LogP contribution in [0.3, 0.4) is 0 Å². The molecular weight excluding hydrogens is 266 g/mol. The van der Waals surface area contributed by atoms with Crippen LogP contribution in [-0.4, -0.2) is 28.7 Å². The average Bonchev–Trinajstić information content (AvgIpc) is 2.80. The molecule has 1 atom stereocenters. The van der Waals surface area contributed by atoms with Crippen LogP contribution in [0.1, 0.15) is 51.9 Å². The fraction of sp³-hybridized carbons (Fsp3) is 0.923. The van der Waals surface area contributed by atoms with Gasteiger partial charge in [0.2, 0.25) is 5.91 Å². The van der Waals surface area contributed by atoms with Crippen molar-refractivity contribution in [3.63, 3.8) is 0 Å². The molecule has 0 bridgehead atoms. The molecule has 0 radical (unpaired) electrons. The summed E-state index contributed by atoms with van der Waals surface area (Å²) in [5.41, 5.74) is 0.0633. The van der Waals surface area contributed by atoms with Crippen LogP contribution >= 0.6 is 15.9 Å². The van der Waals surface area contributed by atoms with E-state index in [9.17, 15) is 4.79 Å². The van der Waals surface area contributed by atoms with Crippen molar-refractivity contribution in [1.29, 1.82) is 0 Å². The van der Waals surface area contributed by atoms with Crippen LogP contribution in [0.15, 0.2) is 0 Å². The molecule has 0 aromatic heterocycles. The second-order valence-electron chi connectivity index (χ2n) is 5.44. The average molecular weight is 288 g/mol. The maximum atomic E-state index is 12.4. The van der Waals surface area contributed by atoms with Gasteiger partial charge in [-0.15, -0.1) is 0 Å². The van der Waals surface area contributed by atoms with Crippen molar-refractivity contribution in [2.75, 3.05) is 11.9 Å². The summed E-state index contributed by atoms with van der Waals surface area (Å²) in [6, 6.07) is 0.473. The maximum Gasteiger partial charge on any atom is 0.229 e. The molecule has 2 nitrogen and oxygen atoms in total. The molecule has 1 amide bonds. The molecule has 1 saturated heterocycles. The normalized spacial score (nSPS) is 28.2. The third-order valence-corrected chi connectivity index (χ3v) is 4.84. The molecule has 1 aliphatic heterocycles. The van der Waals surface area contributed by atoms with Crippen molar-refractivity contribution in [3.8, 4) is 0 Å². The lowest BCUT2D eigenvalue weighted by atomic mass is 9.83. The molecule has 1 unspecified atom stereocenters. The summed E-state index contributed by atoms with van der Waals surface area (Å²) in [6.07, 6.45) is 8.22. The standard InChI is InChI=1S/C13H22BrNO/c1-11-10-13(6-2-3-7-13)12(16)15(11)9-5-4-8-14/h11H,2-10H2,1H3. The zero-order chi connectivity index (χ0) is 11.6. The molecule has 2 rings (SSSR count). The third kappa shape index (κ3) is 2.15. The van der Waals surface area contributed by atoms with Crippen LogP contribution in [0.5, 0.6) is 0 Å². The summed E-state index contributed by atoms with van der Waals surface area (Å²) in [5.74, 6) is 0.465. The van der Waals surface area contributed by atoms with Gasteiger partial charge in [0.25, 0.3) is 0 Å². The fourth-order valence-electron chi connectivity index (χ4n) is 3.44. The summed E-state index contributed by atoms with van der Waals surface area (Å²) in [6.45, 7) is 3.19. The Morgan fingerprint density at radius 3 is 2.69 bits per heavy atom. The van der Waals surface area contributed by atoms with Crippen molar-refractivity contribution < 1.29 is 4.79 Å². The maximum absolute atomic E-state index is 12.4. The van der Waals surface area contributed by atoms with Gasteiger partial charge >= 0.3 is 0 Å². The molecule has 16 heavy (non-hydrogen) atoms. The summed E-state index contributed by atoms with van der Waals surface area (Å²) in [4.78, 5) is 14.6. The largest absolute Gasteiger partial charge is 0.339 e. The van der Waals surface area contributed by atoms with E-state index in [1.807, 2.05) is 0 Å². The second kappa shape index (κ2) is 5.07. The van der Waals surface area contributed by atoms with Crippen LogP contribution in [0.2, 0.25) is 0 Å². The van der Waals surface area contributed by atoms with Crippen LogP contribution < -0.4 is 0 Å². The number of hydrogen-bond donors (Lipinski definition) is 0. The highest BCUT2D eigenvalue weighted by atomic mass is 79.9. The van der Waals surface area contributed by atoms with E-state index < -0.39 is 0 Å². The van der Waals surface area contributed by atoms with Crippen molar-refractivity contribution >= 4 is 21.8 Å². The number of likely N-dealkylation sites (tertiary alicyclic amines) is 1. The van der Waals surface area contributed by atoms with E-state index in [1.165, 1.54) is 19.3 Å². The number of carbonyl (C=O) groups excluding carboxylic acids is 1. The Morgan fingerprint density at radius 1 is 1.38 bits per heavy atom. The lowest BCUT2D eigenvalue weighted by Gasteiger charge is -2.23. The van der Waals surface area contributed by atoms with E-state index in [2.05, 4.69) is 27.8 Å². The summed E-state index contributed by atoms with van der Waals surface area (Å²) < 4.78 is 0. The first-order valence-electron chi connectivity index (χ1n) is 6.57. The first-order chi connectivity index (χ1) is 7.69. The Bertz CT molecular complexity index is 261. The first kappa shape index (κ1) is 12.4. The lowest BCUT2D eigenvalue weighted by Crippen LogP contribution is -2.36. The van der Waals surface area contributed by atoms with Gasteiger partial charge in [-0.1, -0.05) is 28.8 Å². The van der Waals surface area contributed by atoms with Gasteiger partial charge in [-0.25, -0.2) is 0 Å². The second-order valence-corrected chi connectivity index (χ2v) is 6.23. The number of amides is 1. The zero-order valence-corrected chi connectivity index (χ0v) is 11.8. The Labute approximate surface area is 107 Å². The fourth-order valence-corrected chi connectivity index (χ4v) is 3.83. The minimum absolute atomic E-state index is 0.0633. The minimum atomic E-state index is 0.0633. The van der Waals surface area contributed by atoms with Gasteiger partial charge < -0.3 is 4.90 Å². The van der Waals surface area contributed by atoms with Crippen molar-refractivity contribution in [2.45, 2.75) is 57.9 Å². The number of nitrogens with zero attached hydrogens (tertiary/aromatic N) is 1. The van der Waals surface area contributed by atoms with Crippen molar-refractivity contribution in [2.24, 2.45) is 5.41 Å². The number of halogens is 1. The van der Waals surface area contributed by atoms with Gasteiger partial charge in [0.05, 0.1) is 5.41 Å². The third-order valence-electron chi connectivity index (χ3n) is 4.28. The molecule has 3 heteroatoms. The van der Waals surface area contributed by atoms with Gasteiger partial charge in [0.1, 0.15) is 0 Å². The molecule has 0 N–H and O–H groups in total. The summed E-state index contributed by atoms with van der Waals surface area (Å²) in [5, 5.41) is 1.05. The van der Waals surface area contributed by atoms with E-state index >= 15 is 0 Å². The van der Waals surface area contributed by atoms with Crippen LogP contribution in [0.4, 0.5) is 0 Å². The van der Waals surface area contributed by atoms with E-state index in [4.69, 9.17) is 0 Å². The van der Waals surface area contributed by atoms with E-state index in [1.54, 1.807) is 0 Å². The summed E-state index contributed by atoms with van der Waals surface area (Å²) >= 11 is 3.45. The van der Waals surface area contributed by atoms with Gasteiger partial charge in [0, 0.05) is 17.9 Å². The Balaban J connectivity index is 1.96. The highest BCUT2D eigenvalue weighted by Crippen LogP contribution is 2.48. The smallest absolute Gasteiger partial charge is 0.229 e. The molecule has 0 aromatic rings. The predicted octanol–water partition coefficient (Wildman–Crippen LogP) is 3.34. The molecule has 1 saturated carbocycles. The van der Waals surface area contributed by atoms with E-state index in [0.717, 1.165) is 37.6 Å². The highest BCUT2D eigenvalue weighted by molar-refractivity contribution is 9.09. The Morgan fingerprint density at radius 2 is 2.06 bits per heavy atom. The predicted molar refractivity (Wildman–Crippen MR) is 69.7 cm³/mol. The minimum Gasteiger partial charge on any atom is -0.339 e. The number of carbonyl (C=O) groups is 1. The monoisotopic (exact) mass is 287 g/mol. The molecule has 2 aliphatic rings. The zero-order valence-electron chi connectivity index (χ0n) is 10.2. The van der Waals surface area contributed by atoms with Crippen LogP contribution in [0.25, 0.3) is 0 Å². The van der Waals surface area contributed by atoms with Gasteiger partial charge in [-0.2, -0.15) is 0 Å². The number of hydrogen-bond acceptors (Lipinski definition) is 1. The molecule has 1 aliphatic carbocycles. The van der Waals surface area contributed by atoms with Crippen molar-refractivity contribution in [3.05, 3.63) is 0 Å². The van der Waals surface area contributed by atoms with Crippen LogP contribution in [-0.2, 0) is 4.79 Å². The van der Waals surface area contributed by atoms with E-state index in [0.29, 0.717) is 11.9 Å². The van der Waals surface area contributed by atoms with Gasteiger partial charge in [-0.3, -0.25) is 4.79 Å². The molecule has 1 heterocycles. The molecule has 0 aromatic carbocycles. The number of alkyl halides is 1. The Hall–Kier alpha value is -0.0500. The molecule has 92 valence electrons.